The van der Waals surface area contributed by atoms with Crippen LogP contribution in [0.25, 0.3) is 0 Å². The molecule has 0 saturated heterocycles. The summed E-state index contributed by atoms with van der Waals surface area (Å²) in [5, 5.41) is 10.6. The molecule has 1 aliphatic carbocycles. The van der Waals surface area contributed by atoms with E-state index in [0.717, 1.165) is 30.4 Å². The van der Waals surface area contributed by atoms with E-state index in [1.807, 2.05) is 19.2 Å². The van der Waals surface area contributed by atoms with Gasteiger partial charge in [-0.1, -0.05) is 6.42 Å². The lowest BCUT2D eigenvalue weighted by atomic mass is 10.0. The molecule has 2 rings (SSSR count). The predicted molar refractivity (Wildman–Crippen MR) is 86.8 cm³/mol. The fourth-order valence-corrected chi connectivity index (χ4v) is 2.90. The lowest BCUT2D eigenvalue weighted by Crippen LogP contribution is -2.36. The summed E-state index contributed by atoms with van der Waals surface area (Å²) >= 11 is 3.38. The summed E-state index contributed by atoms with van der Waals surface area (Å²) in [5.41, 5.74) is 1.19. The number of alkyl halides is 3. The van der Waals surface area contributed by atoms with Crippen LogP contribution in [0.3, 0.4) is 0 Å². The van der Waals surface area contributed by atoms with Gasteiger partial charge < -0.3 is 20.1 Å². The monoisotopic (exact) mass is 428 g/mol. The topological polar surface area (TPSA) is 91.4 Å². The van der Waals surface area contributed by atoms with E-state index in [4.69, 9.17) is 14.6 Å². The van der Waals surface area contributed by atoms with Gasteiger partial charge in [0.25, 0.3) is 0 Å². The van der Waals surface area contributed by atoms with Crippen molar-refractivity contribution in [1.29, 1.82) is 0 Å². The molecule has 0 bridgehead atoms. The molecule has 10 heteroatoms. The number of esters is 1. The number of rotatable bonds is 5. The second kappa shape index (κ2) is 9.81. The Morgan fingerprint density at radius 1 is 1.44 bits per heavy atom. The molecular formula is C15H20BrF3N2O4. The number of hydrogen-bond acceptors (Lipinski definition) is 4. The molecule has 0 aromatic carbocycles. The van der Waals surface area contributed by atoms with Gasteiger partial charge in [0, 0.05) is 18.8 Å². The summed E-state index contributed by atoms with van der Waals surface area (Å²) in [6.45, 7) is 3.10. The van der Waals surface area contributed by atoms with Crippen LogP contribution in [0.2, 0.25) is 0 Å². The minimum absolute atomic E-state index is 0.0207. The van der Waals surface area contributed by atoms with Crippen LogP contribution in [0, 0.1) is 5.92 Å². The highest BCUT2D eigenvalue weighted by molar-refractivity contribution is 9.10. The summed E-state index contributed by atoms with van der Waals surface area (Å²) in [7, 11) is 0. The van der Waals surface area contributed by atoms with Crippen molar-refractivity contribution in [2.45, 2.75) is 44.9 Å². The molecule has 2 atom stereocenters. The normalized spacial score (nSPS) is 19.9. The van der Waals surface area contributed by atoms with Gasteiger partial charge in [-0.15, -0.1) is 0 Å². The van der Waals surface area contributed by atoms with Crippen LogP contribution >= 0.6 is 15.9 Å². The number of carboxylic acids is 1. The minimum atomic E-state index is -5.08. The number of carbonyl (C=O) groups excluding carboxylic acids is 1. The molecule has 1 aliphatic rings. The van der Waals surface area contributed by atoms with E-state index in [9.17, 15) is 18.0 Å². The number of carbonyl (C=O) groups is 2. The van der Waals surface area contributed by atoms with Crippen molar-refractivity contribution in [1.82, 2.24) is 10.3 Å². The first-order valence-corrected chi connectivity index (χ1v) is 8.47. The van der Waals surface area contributed by atoms with E-state index < -0.39 is 12.1 Å². The van der Waals surface area contributed by atoms with Gasteiger partial charge in [-0.25, -0.2) is 4.79 Å². The van der Waals surface area contributed by atoms with Crippen molar-refractivity contribution in [3.8, 4) is 0 Å². The number of halogens is 4. The molecule has 0 unspecified atom stereocenters. The molecular weight excluding hydrogens is 409 g/mol. The third kappa shape index (κ3) is 7.47. The van der Waals surface area contributed by atoms with E-state index in [0.29, 0.717) is 6.61 Å². The molecule has 0 radical (unpaired) electrons. The highest BCUT2D eigenvalue weighted by atomic mass is 79.9. The van der Waals surface area contributed by atoms with Crippen molar-refractivity contribution in [2.75, 3.05) is 6.61 Å². The SMILES string of the molecule is CCOC(=O)[C@@H]1CCC[C@@H]1NCc1c[nH]c(Br)c1.O=C(O)C(F)(F)F. The van der Waals surface area contributed by atoms with E-state index in [1.54, 1.807) is 0 Å². The highest BCUT2D eigenvalue weighted by Crippen LogP contribution is 2.27. The second-order valence-corrected chi connectivity index (χ2v) is 6.29. The van der Waals surface area contributed by atoms with Crippen LogP contribution in [-0.2, 0) is 20.9 Å². The van der Waals surface area contributed by atoms with Crippen molar-refractivity contribution < 1.29 is 32.6 Å². The average molecular weight is 429 g/mol. The molecule has 142 valence electrons. The van der Waals surface area contributed by atoms with Gasteiger partial charge in [-0.05, 0) is 47.3 Å². The maximum absolute atomic E-state index is 11.8. The molecule has 3 N–H and O–H groups in total. The molecule has 6 nitrogen and oxygen atoms in total. The zero-order valence-electron chi connectivity index (χ0n) is 13.5. The predicted octanol–water partition coefficient (Wildman–Crippen LogP) is 3.23. The Labute approximate surface area is 151 Å². The van der Waals surface area contributed by atoms with Crippen molar-refractivity contribution >= 4 is 27.9 Å². The molecule has 1 aromatic rings. The summed E-state index contributed by atoms with van der Waals surface area (Å²) in [6.07, 6.45) is -0.0359. The van der Waals surface area contributed by atoms with E-state index in [-0.39, 0.29) is 17.9 Å². The van der Waals surface area contributed by atoms with Gasteiger partial charge in [0.05, 0.1) is 17.1 Å². The molecule has 1 heterocycles. The number of carboxylic acid groups (broad SMARTS) is 1. The smallest absolute Gasteiger partial charge is 0.475 e. The number of ether oxygens (including phenoxy) is 1. The standard InChI is InChI=1S/C13H19BrN2O2.C2HF3O2/c1-2-18-13(17)10-4-3-5-11(10)15-7-9-6-12(14)16-8-9;3-2(4,5)1(6)7/h6,8,10-11,15-16H,2-5,7H2,1H3;(H,6,7)/t10-,11+;/m1./s1. The van der Waals surface area contributed by atoms with E-state index in [1.165, 1.54) is 5.56 Å². The van der Waals surface area contributed by atoms with Crippen LogP contribution in [0.1, 0.15) is 31.7 Å². The minimum Gasteiger partial charge on any atom is -0.475 e. The Morgan fingerprint density at radius 3 is 2.56 bits per heavy atom. The van der Waals surface area contributed by atoms with Gasteiger partial charge in [-0.2, -0.15) is 13.2 Å². The summed E-state index contributed by atoms with van der Waals surface area (Å²) in [6, 6.07) is 2.29. The van der Waals surface area contributed by atoms with Gasteiger partial charge in [-0.3, -0.25) is 4.79 Å². The van der Waals surface area contributed by atoms with Crippen molar-refractivity contribution in [3.05, 3.63) is 22.4 Å². The van der Waals surface area contributed by atoms with E-state index >= 15 is 0 Å². The largest absolute Gasteiger partial charge is 0.490 e. The maximum Gasteiger partial charge on any atom is 0.490 e. The molecule has 1 fully saturated rings. The third-order valence-corrected chi connectivity index (χ3v) is 4.08. The van der Waals surface area contributed by atoms with Gasteiger partial charge in [0.15, 0.2) is 0 Å². The van der Waals surface area contributed by atoms with Crippen LogP contribution in [0.4, 0.5) is 13.2 Å². The molecule has 25 heavy (non-hydrogen) atoms. The average Bonchev–Trinajstić information content (AvgIpc) is 3.13. The summed E-state index contributed by atoms with van der Waals surface area (Å²) in [4.78, 5) is 23.8. The highest BCUT2D eigenvalue weighted by Gasteiger charge is 2.38. The fourth-order valence-electron chi connectivity index (χ4n) is 2.49. The Balaban J connectivity index is 0.000000381. The Bertz CT molecular complexity index is 577. The fraction of sp³-hybridized carbons (Fsp3) is 0.600. The summed E-state index contributed by atoms with van der Waals surface area (Å²) < 4.78 is 37.8. The van der Waals surface area contributed by atoms with Crippen molar-refractivity contribution in [2.24, 2.45) is 5.92 Å². The van der Waals surface area contributed by atoms with Gasteiger partial charge in [0.2, 0.25) is 0 Å². The third-order valence-electron chi connectivity index (χ3n) is 3.62. The first-order chi connectivity index (χ1) is 11.6. The number of H-pyrrole nitrogens is 1. The van der Waals surface area contributed by atoms with Crippen LogP contribution in [0.15, 0.2) is 16.9 Å². The quantitative estimate of drug-likeness (QED) is 0.626. The Hall–Kier alpha value is -1.55. The molecule has 0 aliphatic heterocycles. The number of aromatic amines is 1. The lowest BCUT2D eigenvalue weighted by molar-refractivity contribution is -0.192. The maximum atomic E-state index is 11.8. The molecule has 0 spiro atoms. The van der Waals surface area contributed by atoms with Crippen LogP contribution in [0.5, 0.6) is 0 Å². The van der Waals surface area contributed by atoms with Crippen molar-refractivity contribution in [3.63, 3.8) is 0 Å². The second-order valence-electron chi connectivity index (χ2n) is 5.44. The summed E-state index contributed by atoms with van der Waals surface area (Å²) in [5.74, 6) is -2.79. The van der Waals surface area contributed by atoms with Gasteiger partial charge in [0.1, 0.15) is 0 Å². The zero-order valence-corrected chi connectivity index (χ0v) is 15.1. The zero-order chi connectivity index (χ0) is 19.0. The molecule has 1 saturated carbocycles. The Kier molecular flexibility index (Phi) is 8.43. The lowest BCUT2D eigenvalue weighted by Gasteiger charge is -2.19. The molecule has 1 aromatic heterocycles. The number of hydrogen-bond donors (Lipinski definition) is 3. The Morgan fingerprint density at radius 2 is 2.08 bits per heavy atom. The number of aromatic nitrogens is 1. The molecule has 0 amide bonds. The number of aliphatic carboxylic acids is 1. The van der Waals surface area contributed by atoms with Crippen LogP contribution in [-0.4, -0.2) is 40.9 Å². The first kappa shape index (κ1) is 21.5. The van der Waals surface area contributed by atoms with E-state index in [2.05, 4.69) is 26.2 Å². The van der Waals surface area contributed by atoms with Gasteiger partial charge >= 0.3 is 18.1 Å². The number of nitrogens with one attached hydrogen (secondary N) is 2. The first-order valence-electron chi connectivity index (χ1n) is 7.68. The van der Waals surface area contributed by atoms with Crippen LogP contribution < -0.4 is 5.32 Å².